The van der Waals surface area contributed by atoms with Crippen LogP contribution in [0.4, 0.5) is 0 Å². The van der Waals surface area contributed by atoms with Gasteiger partial charge in [0.2, 0.25) is 0 Å². The van der Waals surface area contributed by atoms with Crippen LogP contribution < -0.4 is 0 Å². The number of nitrogens with zero attached hydrogens (tertiary/aromatic N) is 1. The molecule has 0 fully saturated rings. The van der Waals surface area contributed by atoms with Crippen LogP contribution in [0.5, 0.6) is 11.8 Å². The van der Waals surface area contributed by atoms with E-state index in [4.69, 9.17) is 0 Å². The molecule has 0 bridgehead atoms. The van der Waals surface area contributed by atoms with E-state index in [9.17, 15) is 15.0 Å². The van der Waals surface area contributed by atoms with E-state index in [-0.39, 0.29) is 29.4 Å². The number of carbonyl (C=O) groups excluding carboxylic acids is 1. The van der Waals surface area contributed by atoms with Gasteiger partial charge in [-0.2, -0.15) is 0 Å². The molecule has 0 aromatic carbocycles. The van der Waals surface area contributed by atoms with Gasteiger partial charge in [0.1, 0.15) is 5.78 Å². The first-order valence-electron chi connectivity index (χ1n) is 5.98. The van der Waals surface area contributed by atoms with Crippen LogP contribution in [-0.2, 0) is 11.3 Å². The zero-order valence-corrected chi connectivity index (χ0v) is 10.9. The lowest BCUT2D eigenvalue weighted by molar-refractivity contribution is -0.122. The van der Waals surface area contributed by atoms with Gasteiger partial charge in [0.25, 0.3) is 0 Å². The molecule has 0 unspecified atom stereocenters. The number of carbonyl (C=O) groups is 1. The van der Waals surface area contributed by atoms with Crippen LogP contribution in [-0.4, -0.2) is 20.6 Å². The van der Waals surface area contributed by atoms with Crippen molar-refractivity contribution < 1.29 is 15.0 Å². The van der Waals surface area contributed by atoms with Gasteiger partial charge in [-0.15, -0.1) is 0 Å². The van der Waals surface area contributed by atoms with Crippen molar-refractivity contribution in [1.29, 1.82) is 0 Å². The molecule has 1 heterocycles. The molecule has 4 nitrogen and oxygen atoms in total. The second kappa shape index (κ2) is 5.25. The molecule has 0 aliphatic rings. The lowest BCUT2D eigenvalue weighted by Gasteiger charge is -2.09. The molecule has 1 rings (SSSR count). The Labute approximate surface area is 102 Å². The molecule has 0 amide bonds. The molecule has 96 valence electrons. The van der Waals surface area contributed by atoms with Gasteiger partial charge < -0.3 is 10.2 Å². The average Bonchev–Trinajstić information content (AvgIpc) is 2.51. The summed E-state index contributed by atoms with van der Waals surface area (Å²) in [6, 6.07) is 1.56. The van der Waals surface area contributed by atoms with Crippen molar-refractivity contribution in [1.82, 2.24) is 4.57 Å². The van der Waals surface area contributed by atoms with Crippen molar-refractivity contribution in [3.63, 3.8) is 0 Å². The van der Waals surface area contributed by atoms with E-state index < -0.39 is 0 Å². The van der Waals surface area contributed by atoms with E-state index in [2.05, 4.69) is 0 Å². The topological polar surface area (TPSA) is 62.5 Å². The molecule has 4 heteroatoms. The maximum Gasteiger partial charge on any atom is 0.197 e. The van der Waals surface area contributed by atoms with Gasteiger partial charge in [0.15, 0.2) is 11.8 Å². The number of ketones is 1. The fourth-order valence-electron chi connectivity index (χ4n) is 1.70. The van der Waals surface area contributed by atoms with E-state index in [1.165, 1.54) is 4.57 Å². The molecule has 0 saturated heterocycles. The summed E-state index contributed by atoms with van der Waals surface area (Å²) < 4.78 is 1.38. The molecule has 0 aliphatic heterocycles. The first-order valence-corrected chi connectivity index (χ1v) is 5.98. The fourth-order valence-corrected chi connectivity index (χ4v) is 1.70. The number of aromatic nitrogens is 1. The Morgan fingerprint density at radius 3 is 2.29 bits per heavy atom. The highest BCUT2D eigenvalue weighted by molar-refractivity contribution is 5.80. The zero-order chi connectivity index (χ0) is 13.2. The Morgan fingerprint density at radius 1 is 1.29 bits per heavy atom. The lowest BCUT2D eigenvalue weighted by Crippen LogP contribution is -2.10. The normalized spacial score (nSPS) is 11.4. The largest absolute Gasteiger partial charge is 0.494 e. The van der Waals surface area contributed by atoms with E-state index in [0.29, 0.717) is 18.5 Å². The predicted octanol–water partition coefficient (Wildman–Crippen LogP) is 2.64. The summed E-state index contributed by atoms with van der Waals surface area (Å²) in [5.41, 5.74) is 0.708. The number of rotatable bonds is 5. The summed E-state index contributed by atoms with van der Waals surface area (Å²) in [5, 5.41) is 19.6. The lowest BCUT2D eigenvalue weighted by atomic mass is 10.1. The molecule has 0 saturated carbocycles. The van der Waals surface area contributed by atoms with Crippen LogP contribution in [0.2, 0.25) is 0 Å². The third-order valence-corrected chi connectivity index (χ3v) is 2.92. The minimum Gasteiger partial charge on any atom is -0.494 e. The molecule has 0 spiro atoms. The van der Waals surface area contributed by atoms with Crippen LogP contribution in [0.25, 0.3) is 0 Å². The first kappa shape index (κ1) is 13.6. The van der Waals surface area contributed by atoms with Gasteiger partial charge in [0.05, 0.1) is 0 Å². The van der Waals surface area contributed by atoms with Crippen LogP contribution in [0, 0.1) is 5.92 Å². The summed E-state index contributed by atoms with van der Waals surface area (Å²) in [4.78, 5) is 11.5. The minimum atomic E-state index is -0.0144. The van der Waals surface area contributed by atoms with Crippen LogP contribution in [0.3, 0.4) is 0 Å². The van der Waals surface area contributed by atoms with Crippen molar-refractivity contribution in [2.75, 3.05) is 0 Å². The van der Waals surface area contributed by atoms with E-state index in [1.54, 1.807) is 6.07 Å². The Kier molecular flexibility index (Phi) is 4.21. The third kappa shape index (κ3) is 3.02. The smallest absolute Gasteiger partial charge is 0.197 e. The van der Waals surface area contributed by atoms with Crippen LogP contribution in [0.1, 0.15) is 45.6 Å². The van der Waals surface area contributed by atoms with Gasteiger partial charge in [-0.25, -0.2) is 0 Å². The second-order valence-electron chi connectivity index (χ2n) is 4.96. The van der Waals surface area contributed by atoms with Gasteiger partial charge >= 0.3 is 0 Å². The standard InChI is InChI=1S/C13H21NO3/c1-8(2)10-7-12(16)14(13(10)17)6-5-11(15)9(3)4/h7-9,16-17H,5-6H2,1-4H3. The Balaban J connectivity index is 2.82. The Hall–Kier alpha value is -1.45. The number of aromatic hydroxyl groups is 2. The van der Waals surface area contributed by atoms with Crippen LogP contribution in [0.15, 0.2) is 6.07 Å². The van der Waals surface area contributed by atoms with Gasteiger partial charge in [-0.3, -0.25) is 9.36 Å². The molecular weight excluding hydrogens is 218 g/mol. The fraction of sp³-hybridized carbons (Fsp3) is 0.615. The second-order valence-corrected chi connectivity index (χ2v) is 4.96. The summed E-state index contributed by atoms with van der Waals surface area (Å²) in [7, 11) is 0. The summed E-state index contributed by atoms with van der Waals surface area (Å²) in [6.45, 7) is 7.89. The monoisotopic (exact) mass is 239 g/mol. The van der Waals surface area contributed by atoms with Crippen molar-refractivity contribution in [3.8, 4) is 11.8 Å². The molecule has 0 aliphatic carbocycles. The summed E-state index contributed by atoms with van der Waals surface area (Å²) >= 11 is 0. The van der Waals surface area contributed by atoms with E-state index in [1.807, 2.05) is 27.7 Å². The molecule has 2 N–H and O–H groups in total. The van der Waals surface area contributed by atoms with Crippen molar-refractivity contribution in [2.45, 2.75) is 46.6 Å². The Morgan fingerprint density at radius 2 is 1.88 bits per heavy atom. The van der Waals surface area contributed by atoms with Crippen molar-refractivity contribution >= 4 is 5.78 Å². The average molecular weight is 239 g/mol. The highest BCUT2D eigenvalue weighted by Crippen LogP contribution is 2.33. The van der Waals surface area contributed by atoms with E-state index in [0.717, 1.165) is 0 Å². The molecule has 0 atom stereocenters. The minimum absolute atomic E-state index is 0.0144. The molecule has 1 aromatic rings. The maximum absolute atomic E-state index is 11.5. The first-order chi connectivity index (χ1) is 7.84. The third-order valence-electron chi connectivity index (χ3n) is 2.92. The SMILES string of the molecule is CC(C)C(=O)CCn1c(O)cc(C(C)C)c1O. The zero-order valence-electron chi connectivity index (χ0n) is 10.9. The highest BCUT2D eigenvalue weighted by atomic mass is 16.3. The summed E-state index contributed by atoms with van der Waals surface area (Å²) in [5.74, 6) is 0.336. The predicted molar refractivity (Wildman–Crippen MR) is 66.3 cm³/mol. The van der Waals surface area contributed by atoms with Gasteiger partial charge in [0, 0.05) is 30.5 Å². The van der Waals surface area contributed by atoms with Gasteiger partial charge in [-0.05, 0) is 5.92 Å². The highest BCUT2D eigenvalue weighted by Gasteiger charge is 2.17. The van der Waals surface area contributed by atoms with E-state index >= 15 is 0 Å². The number of hydrogen-bond donors (Lipinski definition) is 2. The van der Waals surface area contributed by atoms with Gasteiger partial charge in [-0.1, -0.05) is 27.7 Å². The molecule has 1 aromatic heterocycles. The number of hydrogen-bond acceptors (Lipinski definition) is 3. The Bertz CT molecular complexity index is 405. The summed E-state index contributed by atoms with van der Waals surface area (Å²) in [6.07, 6.45) is 0.324. The molecular formula is C13H21NO3. The quantitative estimate of drug-likeness (QED) is 0.830. The molecule has 17 heavy (non-hydrogen) atoms. The maximum atomic E-state index is 11.5. The van der Waals surface area contributed by atoms with Crippen LogP contribution >= 0.6 is 0 Å². The van der Waals surface area contributed by atoms with Crippen molar-refractivity contribution in [3.05, 3.63) is 11.6 Å². The molecule has 0 radical (unpaired) electrons. The van der Waals surface area contributed by atoms with Crippen molar-refractivity contribution in [2.24, 2.45) is 5.92 Å². The number of Topliss-reactive ketones (excluding diaryl/α,β-unsaturated/α-hetero) is 1.